The number of benzene rings is 1. The molecule has 21 heavy (non-hydrogen) atoms. The van der Waals surface area contributed by atoms with Crippen molar-refractivity contribution in [2.45, 2.75) is 69.6 Å². The van der Waals surface area contributed by atoms with E-state index >= 15 is 0 Å². The van der Waals surface area contributed by atoms with Crippen molar-refractivity contribution in [2.75, 3.05) is 12.8 Å². The quantitative estimate of drug-likeness (QED) is 0.728. The van der Waals surface area contributed by atoms with Gasteiger partial charge in [-0.3, -0.25) is 0 Å². The lowest BCUT2D eigenvalue weighted by Gasteiger charge is -2.37. The number of rotatable bonds is 7. The fourth-order valence-electron chi connectivity index (χ4n) is 3.37. The van der Waals surface area contributed by atoms with Crippen molar-refractivity contribution in [2.24, 2.45) is 0 Å². The lowest BCUT2D eigenvalue weighted by atomic mass is 9.88. The first-order valence-electron chi connectivity index (χ1n) is 8.56. The van der Waals surface area contributed by atoms with Gasteiger partial charge in [0, 0.05) is 17.3 Å². The standard InChI is InChI=1S/C19H31NS/c1-4-8-17-9-11-18(12-10-17)16(2)20-15-19(21-3)13-6-5-7-14-19/h9-12,16,20H,4-8,13-15H2,1-3H3. The fraction of sp³-hybridized carbons (Fsp3) is 0.684. The largest absolute Gasteiger partial charge is 0.309 e. The molecule has 1 unspecified atom stereocenters. The van der Waals surface area contributed by atoms with Gasteiger partial charge in [0.1, 0.15) is 0 Å². The maximum Gasteiger partial charge on any atom is 0.0292 e. The van der Waals surface area contributed by atoms with E-state index in [2.05, 4.69) is 61.4 Å². The second-order valence-corrected chi connectivity index (χ2v) is 7.82. The Morgan fingerprint density at radius 1 is 1.14 bits per heavy atom. The summed E-state index contributed by atoms with van der Waals surface area (Å²) in [5, 5.41) is 3.79. The summed E-state index contributed by atoms with van der Waals surface area (Å²) in [7, 11) is 0. The minimum atomic E-state index is 0.451. The molecule has 2 rings (SSSR count). The molecule has 1 saturated carbocycles. The second kappa shape index (κ2) is 8.24. The van der Waals surface area contributed by atoms with E-state index in [9.17, 15) is 0 Å². The van der Waals surface area contributed by atoms with Gasteiger partial charge in [-0.05, 0) is 43.6 Å². The topological polar surface area (TPSA) is 12.0 Å². The zero-order chi connectivity index (χ0) is 15.1. The molecule has 1 aliphatic rings. The van der Waals surface area contributed by atoms with Crippen LogP contribution in [-0.4, -0.2) is 17.5 Å². The van der Waals surface area contributed by atoms with E-state index in [4.69, 9.17) is 0 Å². The summed E-state index contributed by atoms with van der Waals surface area (Å²) in [4.78, 5) is 0. The first-order chi connectivity index (χ1) is 10.2. The number of hydrogen-bond donors (Lipinski definition) is 1. The molecule has 0 heterocycles. The Bertz CT molecular complexity index is 406. The van der Waals surface area contributed by atoms with E-state index in [0.717, 1.165) is 6.54 Å². The van der Waals surface area contributed by atoms with Crippen LogP contribution in [0.5, 0.6) is 0 Å². The zero-order valence-corrected chi connectivity index (χ0v) is 14.8. The molecule has 0 spiro atoms. The Kier molecular flexibility index (Phi) is 6.63. The number of thioether (sulfide) groups is 1. The van der Waals surface area contributed by atoms with Gasteiger partial charge >= 0.3 is 0 Å². The molecule has 0 aliphatic heterocycles. The molecule has 0 saturated heterocycles. The lowest BCUT2D eigenvalue weighted by Crippen LogP contribution is -2.40. The van der Waals surface area contributed by atoms with Gasteiger partial charge in [0.2, 0.25) is 0 Å². The number of nitrogens with one attached hydrogen (secondary N) is 1. The van der Waals surface area contributed by atoms with Gasteiger partial charge in [-0.25, -0.2) is 0 Å². The summed E-state index contributed by atoms with van der Waals surface area (Å²) in [5.41, 5.74) is 2.88. The van der Waals surface area contributed by atoms with Gasteiger partial charge in [0.15, 0.2) is 0 Å². The molecule has 1 aromatic rings. The van der Waals surface area contributed by atoms with Crippen LogP contribution in [0.1, 0.15) is 69.5 Å². The summed E-state index contributed by atoms with van der Waals surface area (Å²) in [5.74, 6) is 0. The highest BCUT2D eigenvalue weighted by Gasteiger charge is 2.31. The molecule has 1 nitrogen and oxygen atoms in total. The molecule has 0 aromatic heterocycles. The predicted octanol–water partition coefficient (Wildman–Crippen LogP) is 5.36. The van der Waals surface area contributed by atoms with E-state index in [0.29, 0.717) is 10.8 Å². The Morgan fingerprint density at radius 2 is 1.81 bits per heavy atom. The van der Waals surface area contributed by atoms with Crippen molar-refractivity contribution in [1.29, 1.82) is 0 Å². The van der Waals surface area contributed by atoms with Crippen molar-refractivity contribution in [3.8, 4) is 0 Å². The smallest absolute Gasteiger partial charge is 0.0292 e. The monoisotopic (exact) mass is 305 g/mol. The Morgan fingerprint density at radius 3 is 2.38 bits per heavy atom. The Hall–Kier alpha value is -0.470. The summed E-state index contributed by atoms with van der Waals surface area (Å²) >= 11 is 2.08. The second-order valence-electron chi connectivity index (χ2n) is 6.54. The molecule has 0 bridgehead atoms. The van der Waals surface area contributed by atoms with Crippen LogP contribution in [0, 0.1) is 0 Å². The third kappa shape index (κ3) is 4.75. The molecule has 0 amide bonds. The van der Waals surface area contributed by atoms with Crippen LogP contribution in [-0.2, 0) is 6.42 Å². The third-order valence-corrected chi connectivity index (χ3v) is 6.37. The third-order valence-electron chi connectivity index (χ3n) is 4.95. The maximum absolute atomic E-state index is 3.79. The summed E-state index contributed by atoms with van der Waals surface area (Å²) in [6, 6.07) is 9.64. The van der Waals surface area contributed by atoms with Gasteiger partial charge in [0.05, 0.1) is 0 Å². The van der Waals surface area contributed by atoms with Gasteiger partial charge < -0.3 is 5.32 Å². The molecule has 1 atom stereocenters. The first-order valence-corrected chi connectivity index (χ1v) is 9.79. The van der Waals surface area contributed by atoms with Gasteiger partial charge in [-0.2, -0.15) is 11.8 Å². The first kappa shape index (κ1) is 16.9. The van der Waals surface area contributed by atoms with Crippen LogP contribution >= 0.6 is 11.8 Å². The van der Waals surface area contributed by atoms with Crippen LogP contribution in [0.25, 0.3) is 0 Å². The predicted molar refractivity (Wildman–Crippen MR) is 96.2 cm³/mol. The lowest BCUT2D eigenvalue weighted by molar-refractivity contribution is 0.367. The van der Waals surface area contributed by atoms with E-state index in [1.54, 1.807) is 0 Å². The van der Waals surface area contributed by atoms with Crippen molar-refractivity contribution in [1.82, 2.24) is 5.32 Å². The number of aryl methyl sites for hydroxylation is 1. The summed E-state index contributed by atoms with van der Waals surface area (Å²) in [6.45, 7) is 5.68. The van der Waals surface area contributed by atoms with Crippen LogP contribution in [0.15, 0.2) is 24.3 Å². The van der Waals surface area contributed by atoms with E-state index in [1.807, 2.05) is 0 Å². The minimum Gasteiger partial charge on any atom is -0.309 e. The van der Waals surface area contributed by atoms with Gasteiger partial charge in [-0.1, -0.05) is 56.9 Å². The molecular weight excluding hydrogens is 274 g/mol. The maximum atomic E-state index is 3.79. The molecule has 2 heteroatoms. The zero-order valence-electron chi connectivity index (χ0n) is 14.0. The molecule has 1 N–H and O–H groups in total. The van der Waals surface area contributed by atoms with Crippen LogP contribution in [0.4, 0.5) is 0 Å². The summed E-state index contributed by atoms with van der Waals surface area (Å²) < 4.78 is 0.481. The van der Waals surface area contributed by atoms with E-state index in [1.165, 1.54) is 56.1 Å². The highest BCUT2D eigenvalue weighted by Crippen LogP contribution is 2.38. The minimum absolute atomic E-state index is 0.451. The highest BCUT2D eigenvalue weighted by atomic mass is 32.2. The van der Waals surface area contributed by atoms with Crippen LogP contribution < -0.4 is 5.32 Å². The van der Waals surface area contributed by atoms with E-state index < -0.39 is 0 Å². The Labute approximate surface area is 135 Å². The fourth-order valence-corrected chi connectivity index (χ4v) is 4.29. The van der Waals surface area contributed by atoms with Crippen molar-refractivity contribution < 1.29 is 0 Å². The number of hydrogen-bond acceptors (Lipinski definition) is 2. The molecule has 1 aromatic carbocycles. The molecular formula is C19H31NS. The Balaban J connectivity index is 1.89. The highest BCUT2D eigenvalue weighted by molar-refractivity contribution is 8.00. The summed E-state index contributed by atoms with van der Waals surface area (Å²) in [6.07, 6.45) is 11.7. The van der Waals surface area contributed by atoms with Crippen molar-refractivity contribution in [3.05, 3.63) is 35.4 Å². The molecule has 118 valence electrons. The van der Waals surface area contributed by atoms with Crippen molar-refractivity contribution >= 4 is 11.8 Å². The van der Waals surface area contributed by atoms with Crippen LogP contribution in [0.2, 0.25) is 0 Å². The average Bonchev–Trinajstić information content (AvgIpc) is 2.54. The molecule has 0 radical (unpaired) electrons. The van der Waals surface area contributed by atoms with Crippen molar-refractivity contribution in [3.63, 3.8) is 0 Å². The van der Waals surface area contributed by atoms with Gasteiger partial charge in [0.25, 0.3) is 0 Å². The molecule has 1 aliphatic carbocycles. The van der Waals surface area contributed by atoms with Crippen LogP contribution in [0.3, 0.4) is 0 Å². The average molecular weight is 306 g/mol. The van der Waals surface area contributed by atoms with Gasteiger partial charge in [-0.15, -0.1) is 0 Å². The normalized spacial score (nSPS) is 19.4. The van der Waals surface area contributed by atoms with E-state index in [-0.39, 0.29) is 0 Å². The SMILES string of the molecule is CCCc1ccc(C(C)NCC2(SC)CCCCC2)cc1. The molecule has 1 fully saturated rings.